The number of likely N-dealkylation sites (N-methyl/N-ethyl adjacent to an activating group) is 1. The average molecular weight is 344 g/mol. The Balaban J connectivity index is 0.00000361. The Labute approximate surface area is 125 Å². The molecule has 116 valence electrons. The lowest BCUT2D eigenvalue weighted by molar-refractivity contribution is 0.394. The van der Waals surface area contributed by atoms with Crippen LogP contribution in [0.3, 0.4) is 0 Å². The summed E-state index contributed by atoms with van der Waals surface area (Å²) in [7, 11) is -5.75. The van der Waals surface area contributed by atoms with Gasteiger partial charge in [0.15, 0.2) is 14.9 Å². The van der Waals surface area contributed by atoms with Crippen molar-refractivity contribution in [2.24, 2.45) is 5.73 Å². The molecule has 1 atom stereocenters. The minimum absolute atomic E-state index is 0. The smallest absolute Gasteiger partial charge is 0.244 e. The molecule has 0 saturated heterocycles. The molecule has 0 saturated carbocycles. The molecule has 0 aliphatic carbocycles. The first kappa shape index (κ1) is 19.3. The molecule has 1 rings (SSSR count). The number of sulfonamides is 1. The summed E-state index contributed by atoms with van der Waals surface area (Å²) < 4.78 is 48.0. The number of pyridine rings is 1. The summed E-state index contributed by atoms with van der Waals surface area (Å²) in [6.45, 7) is 1.86. The van der Waals surface area contributed by atoms with E-state index in [1.165, 1.54) is 19.2 Å². The fourth-order valence-electron chi connectivity index (χ4n) is 1.29. The highest BCUT2D eigenvalue weighted by Gasteiger charge is 2.25. The van der Waals surface area contributed by atoms with Gasteiger partial charge in [-0.2, -0.15) is 4.31 Å². The number of rotatable bonds is 5. The Bertz CT molecular complexity index is 644. The van der Waals surface area contributed by atoms with Crippen molar-refractivity contribution >= 4 is 32.3 Å². The third-order valence-electron chi connectivity index (χ3n) is 2.73. The summed E-state index contributed by atoms with van der Waals surface area (Å²) in [4.78, 5) is 3.59. The molecule has 0 bridgehead atoms. The van der Waals surface area contributed by atoms with E-state index >= 15 is 0 Å². The molecule has 10 heteroatoms. The van der Waals surface area contributed by atoms with Crippen molar-refractivity contribution in [1.29, 1.82) is 0 Å². The van der Waals surface area contributed by atoms with Crippen molar-refractivity contribution in [3.8, 4) is 0 Å². The number of hydrogen-bond donors (Lipinski definition) is 1. The van der Waals surface area contributed by atoms with Crippen LogP contribution >= 0.6 is 12.4 Å². The molecule has 1 aromatic heterocycles. The second-order valence-electron chi connectivity index (χ2n) is 4.21. The van der Waals surface area contributed by atoms with Gasteiger partial charge in [-0.1, -0.05) is 0 Å². The molecule has 0 amide bonds. The summed E-state index contributed by atoms with van der Waals surface area (Å²) in [5.41, 5.74) is 5.43. The molecule has 7 nitrogen and oxygen atoms in total. The molecule has 0 aliphatic rings. The Morgan fingerprint density at radius 2 is 1.85 bits per heavy atom. The van der Waals surface area contributed by atoms with Crippen LogP contribution in [0.1, 0.15) is 6.92 Å². The van der Waals surface area contributed by atoms with Gasteiger partial charge in [-0.3, -0.25) is 0 Å². The summed E-state index contributed by atoms with van der Waals surface area (Å²) >= 11 is 0. The predicted molar refractivity (Wildman–Crippen MR) is 78.1 cm³/mol. The van der Waals surface area contributed by atoms with Crippen molar-refractivity contribution in [2.75, 3.05) is 19.8 Å². The number of halogens is 1. The highest BCUT2D eigenvalue weighted by atomic mass is 35.5. The zero-order valence-electron chi connectivity index (χ0n) is 11.3. The number of nitrogens with two attached hydrogens (primary N) is 1. The molecular weight excluding hydrogens is 326 g/mol. The first-order valence-electron chi connectivity index (χ1n) is 5.45. The highest BCUT2D eigenvalue weighted by Crippen LogP contribution is 2.16. The van der Waals surface area contributed by atoms with Crippen LogP contribution in [0.5, 0.6) is 0 Å². The first-order chi connectivity index (χ1) is 8.60. The third kappa shape index (κ3) is 4.13. The van der Waals surface area contributed by atoms with E-state index in [0.717, 1.165) is 16.8 Å². The molecule has 20 heavy (non-hydrogen) atoms. The standard InChI is InChI=1S/C10H17N3O4S2.ClH/c1-8(6-11)13(2)19(16,17)9-4-5-10(12-7-9)18(3,14)15;/h4-5,7-8H,6,11H2,1-3H3;1H. The van der Waals surface area contributed by atoms with Crippen LogP contribution in [0.2, 0.25) is 0 Å². The molecule has 0 radical (unpaired) electrons. The number of aromatic nitrogens is 1. The zero-order valence-corrected chi connectivity index (χ0v) is 13.8. The topological polar surface area (TPSA) is 110 Å². The Hall–Kier alpha value is -0.740. The molecule has 0 spiro atoms. The van der Waals surface area contributed by atoms with Gasteiger partial charge in [0.1, 0.15) is 4.90 Å². The SMILES string of the molecule is CC(CN)N(C)S(=O)(=O)c1ccc(S(C)(=O)=O)nc1.Cl. The maximum Gasteiger partial charge on any atom is 0.244 e. The molecular formula is C10H18ClN3O4S2. The number of nitrogens with zero attached hydrogens (tertiary/aromatic N) is 2. The monoisotopic (exact) mass is 343 g/mol. The molecule has 0 aromatic carbocycles. The Morgan fingerprint density at radius 3 is 2.20 bits per heavy atom. The van der Waals surface area contributed by atoms with Crippen molar-refractivity contribution in [2.45, 2.75) is 22.9 Å². The minimum Gasteiger partial charge on any atom is -0.329 e. The van der Waals surface area contributed by atoms with Crippen molar-refractivity contribution in [3.05, 3.63) is 18.3 Å². The van der Waals surface area contributed by atoms with E-state index in [0.29, 0.717) is 0 Å². The second kappa shape index (κ2) is 6.81. The lowest BCUT2D eigenvalue weighted by Gasteiger charge is -2.22. The number of hydrogen-bond acceptors (Lipinski definition) is 6. The molecule has 1 unspecified atom stereocenters. The van der Waals surface area contributed by atoms with Crippen LogP contribution < -0.4 is 5.73 Å². The molecule has 0 aliphatic heterocycles. The fourth-order valence-corrected chi connectivity index (χ4v) is 3.17. The van der Waals surface area contributed by atoms with E-state index in [-0.39, 0.29) is 34.9 Å². The molecule has 0 fully saturated rings. The van der Waals surface area contributed by atoms with Crippen LogP contribution in [0.25, 0.3) is 0 Å². The average Bonchev–Trinajstić information content (AvgIpc) is 2.36. The maximum absolute atomic E-state index is 12.2. The lowest BCUT2D eigenvalue weighted by Crippen LogP contribution is -2.39. The Morgan fingerprint density at radius 1 is 1.30 bits per heavy atom. The quantitative estimate of drug-likeness (QED) is 0.797. The summed E-state index contributed by atoms with van der Waals surface area (Å²) in [6, 6.07) is 2.03. The van der Waals surface area contributed by atoms with Crippen LogP contribution in [0.4, 0.5) is 0 Å². The number of sulfone groups is 1. The summed E-state index contributed by atoms with van der Waals surface area (Å²) in [6.07, 6.45) is 2.04. The third-order valence-corrected chi connectivity index (χ3v) is 5.68. The van der Waals surface area contributed by atoms with Gasteiger partial charge in [-0.05, 0) is 19.1 Å². The lowest BCUT2D eigenvalue weighted by atomic mass is 10.4. The van der Waals surface area contributed by atoms with Gasteiger partial charge in [-0.25, -0.2) is 21.8 Å². The predicted octanol–water partition coefficient (Wildman–Crippen LogP) is -0.125. The molecule has 2 N–H and O–H groups in total. The highest BCUT2D eigenvalue weighted by molar-refractivity contribution is 7.90. The van der Waals surface area contributed by atoms with Crippen LogP contribution in [0, 0.1) is 0 Å². The van der Waals surface area contributed by atoms with E-state index in [1.807, 2.05) is 0 Å². The fraction of sp³-hybridized carbons (Fsp3) is 0.500. The minimum atomic E-state index is -3.72. The normalized spacial score (nSPS) is 13.8. The largest absolute Gasteiger partial charge is 0.329 e. The summed E-state index contributed by atoms with van der Waals surface area (Å²) in [5, 5.41) is -0.166. The van der Waals surface area contributed by atoms with Crippen LogP contribution in [0.15, 0.2) is 28.3 Å². The van der Waals surface area contributed by atoms with Gasteiger partial charge in [0, 0.05) is 32.1 Å². The Kier molecular flexibility index (Phi) is 6.56. The second-order valence-corrected chi connectivity index (χ2v) is 8.17. The van der Waals surface area contributed by atoms with E-state index in [4.69, 9.17) is 5.73 Å². The molecule has 1 aromatic rings. The molecule has 1 heterocycles. The van der Waals surface area contributed by atoms with Gasteiger partial charge in [0.25, 0.3) is 0 Å². The van der Waals surface area contributed by atoms with Gasteiger partial charge in [0.05, 0.1) is 0 Å². The van der Waals surface area contributed by atoms with Gasteiger partial charge >= 0.3 is 0 Å². The van der Waals surface area contributed by atoms with E-state index in [9.17, 15) is 16.8 Å². The van der Waals surface area contributed by atoms with Crippen molar-refractivity contribution in [1.82, 2.24) is 9.29 Å². The van der Waals surface area contributed by atoms with Crippen molar-refractivity contribution < 1.29 is 16.8 Å². The van der Waals surface area contributed by atoms with Crippen LogP contribution in [-0.2, 0) is 19.9 Å². The van der Waals surface area contributed by atoms with Gasteiger partial charge in [0.2, 0.25) is 10.0 Å². The first-order valence-corrected chi connectivity index (χ1v) is 8.78. The van der Waals surface area contributed by atoms with Crippen LogP contribution in [-0.4, -0.2) is 52.0 Å². The van der Waals surface area contributed by atoms with Crippen molar-refractivity contribution in [3.63, 3.8) is 0 Å². The zero-order chi connectivity index (χ0) is 14.8. The van der Waals surface area contributed by atoms with E-state index in [2.05, 4.69) is 4.98 Å². The van der Waals surface area contributed by atoms with E-state index in [1.54, 1.807) is 6.92 Å². The van der Waals surface area contributed by atoms with E-state index < -0.39 is 19.9 Å². The summed E-state index contributed by atoms with van der Waals surface area (Å²) in [5.74, 6) is 0. The van der Waals surface area contributed by atoms with Gasteiger partial charge in [-0.15, -0.1) is 12.4 Å². The maximum atomic E-state index is 12.2. The van der Waals surface area contributed by atoms with Gasteiger partial charge < -0.3 is 5.73 Å².